The Morgan fingerprint density at radius 3 is 2.89 bits per heavy atom. The van der Waals surface area contributed by atoms with Crippen LogP contribution in [0.25, 0.3) is 0 Å². The lowest BCUT2D eigenvalue weighted by molar-refractivity contribution is -0.0357. The molecule has 3 unspecified atom stereocenters. The van der Waals surface area contributed by atoms with E-state index in [0.717, 1.165) is 25.6 Å². The number of ether oxygens (including phenoxy) is 1. The third-order valence-corrected chi connectivity index (χ3v) is 4.56. The van der Waals surface area contributed by atoms with E-state index in [0.29, 0.717) is 12.6 Å². The van der Waals surface area contributed by atoms with E-state index in [9.17, 15) is 5.11 Å². The van der Waals surface area contributed by atoms with E-state index < -0.39 is 0 Å². The summed E-state index contributed by atoms with van der Waals surface area (Å²) < 4.78 is 5.45. The maximum absolute atomic E-state index is 9.43. The predicted molar refractivity (Wildman–Crippen MR) is 72.7 cm³/mol. The van der Waals surface area contributed by atoms with Gasteiger partial charge in [-0.2, -0.15) is 0 Å². The van der Waals surface area contributed by atoms with Crippen LogP contribution in [0.5, 0.6) is 0 Å². The largest absolute Gasteiger partial charge is 0.395 e. The molecule has 0 spiro atoms. The van der Waals surface area contributed by atoms with E-state index in [4.69, 9.17) is 4.74 Å². The summed E-state index contributed by atoms with van der Waals surface area (Å²) in [6, 6.07) is 0.856. The molecule has 3 atom stereocenters. The number of rotatable bonds is 4. The molecule has 1 saturated carbocycles. The molecule has 0 aromatic rings. The van der Waals surface area contributed by atoms with Crippen molar-refractivity contribution in [2.75, 3.05) is 40.0 Å². The Kier molecular flexibility index (Phi) is 5.89. The highest BCUT2D eigenvalue weighted by Crippen LogP contribution is 2.25. The lowest BCUT2D eigenvalue weighted by Gasteiger charge is -2.38. The first-order valence-electron chi connectivity index (χ1n) is 7.45. The number of hydrogen-bond donors (Lipinski definition) is 2. The molecule has 1 saturated heterocycles. The van der Waals surface area contributed by atoms with Crippen LogP contribution in [0.1, 0.15) is 32.1 Å². The van der Waals surface area contributed by atoms with Gasteiger partial charge >= 0.3 is 0 Å². The van der Waals surface area contributed by atoms with Crippen molar-refractivity contribution < 1.29 is 9.84 Å². The molecule has 2 rings (SSSR count). The molecule has 2 aliphatic rings. The van der Waals surface area contributed by atoms with Crippen molar-refractivity contribution >= 4 is 0 Å². The van der Waals surface area contributed by atoms with Crippen molar-refractivity contribution in [1.82, 2.24) is 10.2 Å². The number of aliphatic hydroxyl groups is 1. The summed E-state index contributed by atoms with van der Waals surface area (Å²) in [5.74, 6) is 0.727. The highest BCUT2D eigenvalue weighted by molar-refractivity contribution is 4.84. The van der Waals surface area contributed by atoms with Crippen LogP contribution in [0.2, 0.25) is 0 Å². The van der Waals surface area contributed by atoms with Crippen LogP contribution in [0.4, 0.5) is 0 Å². The summed E-state index contributed by atoms with van der Waals surface area (Å²) >= 11 is 0. The van der Waals surface area contributed by atoms with Gasteiger partial charge in [0.15, 0.2) is 0 Å². The van der Waals surface area contributed by atoms with Crippen LogP contribution >= 0.6 is 0 Å². The Labute approximate surface area is 111 Å². The molecular weight excluding hydrogens is 228 g/mol. The molecule has 0 aromatic heterocycles. The average Bonchev–Trinajstić information content (AvgIpc) is 2.64. The molecule has 1 aliphatic heterocycles. The standard InChI is InChI=1S/C14H28N2O2/c1-15-14-6-4-2-3-5-12(14)9-16-7-8-18-11-13(16)10-17/h12-15,17H,2-11H2,1H3. The molecule has 0 radical (unpaired) electrons. The summed E-state index contributed by atoms with van der Waals surface area (Å²) in [6.07, 6.45) is 6.71. The molecule has 0 aromatic carbocycles. The Morgan fingerprint density at radius 2 is 2.11 bits per heavy atom. The normalized spacial score (nSPS) is 35.3. The van der Waals surface area contributed by atoms with Crippen LogP contribution in [-0.4, -0.2) is 62.0 Å². The minimum absolute atomic E-state index is 0.208. The van der Waals surface area contributed by atoms with E-state index in [1.54, 1.807) is 0 Å². The van der Waals surface area contributed by atoms with Gasteiger partial charge in [0, 0.05) is 19.1 Å². The van der Waals surface area contributed by atoms with E-state index in [2.05, 4.69) is 17.3 Å². The number of nitrogens with one attached hydrogen (secondary N) is 1. The number of nitrogens with zero attached hydrogens (tertiary/aromatic N) is 1. The maximum atomic E-state index is 9.43. The summed E-state index contributed by atoms with van der Waals surface area (Å²) in [5, 5.41) is 12.9. The third kappa shape index (κ3) is 3.67. The summed E-state index contributed by atoms with van der Waals surface area (Å²) in [6.45, 7) is 3.80. The van der Waals surface area contributed by atoms with Crippen molar-refractivity contribution in [2.24, 2.45) is 5.92 Å². The van der Waals surface area contributed by atoms with Gasteiger partial charge < -0.3 is 15.2 Å². The van der Waals surface area contributed by atoms with Gasteiger partial charge in [0.1, 0.15) is 0 Å². The van der Waals surface area contributed by atoms with Crippen molar-refractivity contribution in [3.8, 4) is 0 Å². The summed E-state index contributed by atoms with van der Waals surface area (Å²) in [4.78, 5) is 2.43. The highest BCUT2D eigenvalue weighted by Gasteiger charge is 2.29. The Balaban J connectivity index is 1.91. The van der Waals surface area contributed by atoms with Crippen molar-refractivity contribution in [2.45, 2.75) is 44.2 Å². The molecule has 1 heterocycles. The van der Waals surface area contributed by atoms with Gasteiger partial charge in [0.2, 0.25) is 0 Å². The first-order valence-corrected chi connectivity index (χ1v) is 7.45. The van der Waals surface area contributed by atoms with Crippen molar-refractivity contribution in [3.63, 3.8) is 0 Å². The predicted octanol–water partition coefficient (Wildman–Crippen LogP) is 0.848. The smallest absolute Gasteiger partial charge is 0.0644 e. The molecule has 4 heteroatoms. The molecule has 4 nitrogen and oxygen atoms in total. The summed E-state index contributed by atoms with van der Waals surface area (Å²) in [5.41, 5.74) is 0. The van der Waals surface area contributed by atoms with Gasteiger partial charge in [-0.25, -0.2) is 0 Å². The highest BCUT2D eigenvalue weighted by atomic mass is 16.5. The number of aliphatic hydroxyl groups excluding tert-OH is 1. The van der Waals surface area contributed by atoms with E-state index in [1.165, 1.54) is 32.1 Å². The Hall–Kier alpha value is -0.160. The molecule has 0 bridgehead atoms. The topological polar surface area (TPSA) is 44.7 Å². The zero-order valence-electron chi connectivity index (χ0n) is 11.6. The first-order chi connectivity index (χ1) is 8.85. The Bertz CT molecular complexity index is 238. The van der Waals surface area contributed by atoms with Crippen LogP contribution in [0.3, 0.4) is 0 Å². The third-order valence-electron chi connectivity index (χ3n) is 4.56. The van der Waals surface area contributed by atoms with E-state index in [-0.39, 0.29) is 12.6 Å². The second-order valence-electron chi connectivity index (χ2n) is 5.70. The number of hydrogen-bond acceptors (Lipinski definition) is 4. The lowest BCUT2D eigenvalue weighted by atomic mass is 9.93. The molecule has 2 N–H and O–H groups in total. The maximum Gasteiger partial charge on any atom is 0.0644 e. The molecule has 18 heavy (non-hydrogen) atoms. The fourth-order valence-corrected chi connectivity index (χ4v) is 3.38. The van der Waals surface area contributed by atoms with Gasteiger partial charge in [-0.05, 0) is 25.8 Å². The van der Waals surface area contributed by atoms with Crippen LogP contribution < -0.4 is 5.32 Å². The van der Waals surface area contributed by atoms with Gasteiger partial charge in [-0.1, -0.05) is 19.3 Å². The van der Waals surface area contributed by atoms with Crippen LogP contribution in [0, 0.1) is 5.92 Å². The van der Waals surface area contributed by atoms with Crippen molar-refractivity contribution in [1.29, 1.82) is 0 Å². The fourth-order valence-electron chi connectivity index (χ4n) is 3.38. The van der Waals surface area contributed by atoms with Gasteiger partial charge in [-0.15, -0.1) is 0 Å². The van der Waals surface area contributed by atoms with E-state index in [1.807, 2.05) is 0 Å². The zero-order valence-corrected chi connectivity index (χ0v) is 11.6. The quantitative estimate of drug-likeness (QED) is 0.732. The molecule has 0 amide bonds. The minimum Gasteiger partial charge on any atom is -0.395 e. The van der Waals surface area contributed by atoms with Crippen molar-refractivity contribution in [3.05, 3.63) is 0 Å². The molecule has 1 aliphatic carbocycles. The second kappa shape index (κ2) is 7.43. The van der Waals surface area contributed by atoms with Crippen LogP contribution in [0.15, 0.2) is 0 Å². The molecule has 2 fully saturated rings. The molecular formula is C14H28N2O2. The lowest BCUT2D eigenvalue weighted by Crippen LogP contribution is -2.51. The van der Waals surface area contributed by atoms with Gasteiger partial charge in [0.05, 0.1) is 25.9 Å². The summed E-state index contributed by atoms with van der Waals surface area (Å²) in [7, 11) is 2.09. The SMILES string of the molecule is CNC1CCCCCC1CN1CCOCC1CO. The van der Waals surface area contributed by atoms with Gasteiger partial charge in [0.25, 0.3) is 0 Å². The fraction of sp³-hybridized carbons (Fsp3) is 1.00. The van der Waals surface area contributed by atoms with Gasteiger partial charge in [-0.3, -0.25) is 4.90 Å². The number of morpholine rings is 1. The zero-order chi connectivity index (χ0) is 12.8. The average molecular weight is 256 g/mol. The first kappa shape index (κ1) is 14.3. The molecule has 106 valence electrons. The Morgan fingerprint density at radius 1 is 1.28 bits per heavy atom. The minimum atomic E-state index is 0.208. The van der Waals surface area contributed by atoms with E-state index >= 15 is 0 Å². The van der Waals surface area contributed by atoms with Crippen LogP contribution in [-0.2, 0) is 4.74 Å². The second-order valence-corrected chi connectivity index (χ2v) is 5.70. The monoisotopic (exact) mass is 256 g/mol.